The maximum Gasteiger partial charge on any atom is 0.250 e. The maximum atomic E-state index is 12.0. The van der Waals surface area contributed by atoms with Crippen LogP contribution in [0.1, 0.15) is 64.7 Å². The zero-order valence-corrected chi connectivity index (χ0v) is 16.0. The van der Waals surface area contributed by atoms with E-state index in [4.69, 9.17) is 0 Å². The zero-order valence-electron chi connectivity index (χ0n) is 12.7. The average molecular weight is 396 g/mol. The van der Waals surface area contributed by atoms with Crippen molar-refractivity contribution in [1.82, 2.24) is 4.72 Å². The van der Waals surface area contributed by atoms with Crippen molar-refractivity contribution in [2.24, 2.45) is 0 Å². The van der Waals surface area contributed by atoms with Gasteiger partial charge in [-0.25, -0.2) is 13.1 Å². The van der Waals surface area contributed by atoms with Gasteiger partial charge in [0.1, 0.15) is 4.21 Å². The second-order valence-electron chi connectivity index (χ2n) is 5.28. The molecule has 0 atom stereocenters. The molecule has 0 amide bonds. The van der Waals surface area contributed by atoms with Crippen LogP contribution in [0, 0.1) is 0 Å². The van der Waals surface area contributed by atoms with Crippen LogP contribution in [-0.4, -0.2) is 15.0 Å². The average Bonchev–Trinajstić information content (AvgIpc) is 2.88. The first-order chi connectivity index (χ1) is 10.1. The Morgan fingerprint density at radius 3 is 2.10 bits per heavy atom. The van der Waals surface area contributed by atoms with Gasteiger partial charge < -0.3 is 0 Å². The Labute approximate surface area is 141 Å². The summed E-state index contributed by atoms with van der Waals surface area (Å²) in [7, 11) is -3.31. The highest BCUT2D eigenvalue weighted by molar-refractivity contribution is 9.11. The molecule has 0 aliphatic carbocycles. The predicted octanol–water partition coefficient (Wildman–Crippen LogP) is 5.32. The molecule has 0 radical (unpaired) electrons. The van der Waals surface area contributed by atoms with Crippen LogP contribution in [0.2, 0.25) is 0 Å². The molecule has 0 bridgehead atoms. The Balaban J connectivity index is 2.04. The molecule has 1 aromatic rings. The second kappa shape index (κ2) is 10.8. The van der Waals surface area contributed by atoms with E-state index in [2.05, 4.69) is 27.6 Å². The Bertz CT molecular complexity index is 486. The highest BCUT2D eigenvalue weighted by atomic mass is 79.9. The van der Waals surface area contributed by atoms with Crippen LogP contribution in [0.15, 0.2) is 20.1 Å². The quantitative estimate of drug-likeness (QED) is 0.486. The van der Waals surface area contributed by atoms with Gasteiger partial charge in [0.15, 0.2) is 0 Å². The van der Waals surface area contributed by atoms with Crippen LogP contribution in [-0.2, 0) is 10.0 Å². The predicted molar refractivity (Wildman–Crippen MR) is 94.4 cm³/mol. The van der Waals surface area contributed by atoms with Crippen molar-refractivity contribution in [3.8, 4) is 0 Å². The van der Waals surface area contributed by atoms with Crippen LogP contribution in [0.25, 0.3) is 0 Å². The lowest BCUT2D eigenvalue weighted by Gasteiger charge is -2.05. The number of hydrogen-bond acceptors (Lipinski definition) is 3. The molecule has 0 aromatic carbocycles. The smallest absolute Gasteiger partial charge is 0.210 e. The van der Waals surface area contributed by atoms with Crippen molar-refractivity contribution >= 4 is 37.3 Å². The molecule has 122 valence electrons. The fraction of sp³-hybridized carbons (Fsp3) is 0.733. The maximum absolute atomic E-state index is 12.0. The van der Waals surface area contributed by atoms with Crippen molar-refractivity contribution in [2.45, 2.75) is 68.9 Å². The van der Waals surface area contributed by atoms with Gasteiger partial charge in [-0.15, -0.1) is 11.3 Å². The highest BCUT2D eigenvalue weighted by Crippen LogP contribution is 2.25. The molecule has 1 heterocycles. The van der Waals surface area contributed by atoms with Gasteiger partial charge in [0.2, 0.25) is 10.0 Å². The van der Waals surface area contributed by atoms with E-state index in [-0.39, 0.29) is 0 Å². The minimum Gasteiger partial charge on any atom is -0.210 e. The van der Waals surface area contributed by atoms with Crippen LogP contribution in [0.4, 0.5) is 0 Å². The van der Waals surface area contributed by atoms with E-state index >= 15 is 0 Å². The first-order valence-corrected chi connectivity index (χ1v) is 10.9. The summed E-state index contributed by atoms with van der Waals surface area (Å²) in [6, 6.07) is 3.39. The van der Waals surface area contributed by atoms with Crippen molar-refractivity contribution in [1.29, 1.82) is 0 Å². The molecule has 0 spiro atoms. The first-order valence-electron chi connectivity index (χ1n) is 7.81. The standard InChI is InChI=1S/C15H26BrNO2S2/c1-2-3-4-5-6-7-8-9-10-13-17-21(18,19)15-12-11-14(16)20-15/h11-12,17H,2-10,13H2,1H3. The number of thiophene rings is 1. The Morgan fingerprint density at radius 2 is 1.57 bits per heavy atom. The molecule has 21 heavy (non-hydrogen) atoms. The normalized spacial score (nSPS) is 11.9. The summed E-state index contributed by atoms with van der Waals surface area (Å²) >= 11 is 4.53. The summed E-state index contributed by atoms with van der Waals surface area (Å²) in [5.41, 5.74) is 0. The van der Waals surface area contributed by atoms with Crippen molar-refractivity contribution < 1.29 is 8.42 Å². The Kier molecular flexibility index (Phi) is 9.80. The van der Waals surface area contributed by atoms with Gasteiger partial charge in [0, 0.05) is 6.54 Å². The topological polar surface area (TPSA) is 46.2 Å². The molecule has 3 nitrogen and oxygen atoms in total. The molecule has 0 unspecified atom stereocenters. The summed E-state index contributed by atoms with van der Waals surface area (Å²) < 4.78 is 27.8. The fourth-order valence-corrected chi connectivity index (χ4v) is 5.28. The molecule has 0 aliphatic heterocycles. The number of unbranched alkanes of at least 4 members (excludes halogenated alkanes) is 8. The van der Waals surface area contributed by atoms with Crippen LogP contribution in [0.5, 0.6) is 0 Å². The summed E-state index contributed by atoms with van der Waals surface area (Å²) in [5, 5.41) is 0. The van der Waals surface area contributed by atoms with Crippen molar-refractivity contribution in [2.75, 3.05) is 6.54 Å². The zero-order chi connectivity index (χ0) is 15.6. The van der Waals surface area contributed by atoms with E-state index in [9.17, 15) is 8.42 Å². The Hall–Kier alpha value is 0.0900. The SMILES string of the molecule is CCCCCCCCCCCNS(=O)(=O)c1ccc(Br)s1. The summed E-state index contributed by atoms with van der Waals surface area (Å²) in [6.07, 6.45) is 11.1. The van der Waals surface area contributed by atoms with Crippen LogP contribution >= 0.6 is 27.3 Å². The van der Waals surface area contributed by atoms with Gasteiger partial charge in [-0.1, -0.05) is 58.3 Å². The van der Waals surface area contributed by atoms with E-state index in [1.165, 1.54) is 56.3 Å². The number of hydrogen-bond donors (Lipinski definition) is 1. The molecule has 1 rings (SSSR count). The summed E-state index contributed by atoms with van der Waals surface area (Å²) in [4.78, 5) is 0. The van der Waals surface area contributed by atoms with Crippen molar-refractivity contribution in [3.05, 3.63) is 15.9 Å². The lowest BCUT2D eigenvalue weighted by molar-refractivity contribution is 0.554. The van der Waals surface area contributed by atoms with Crippen LogP contribution < -0.4 is 4.72 Å². The molecule has 0 fully saturated rings. The number of nitrogens with one attached hydrogen (secondary N) is 1. The lowest BCUT2D eigenvalue weighted by Crippen LogP contribution is -2.23. The van der Waals surface area contributed by atoms with E-state index in [0.29, 0.717) is 10.8 Å². The van der Waals surface area contributed by atoms with E-state index < -0.39 is 10.0 Å². The van der Waals surface area contributed by atoms with Gasteiger partial charge in [-0.3, -0.25) is 0 Å². The first kappa shape index (κ1) is 19.1. The van der Waals surface area contributed by atoms with Crippen LogP contribution in [0.3, 0.4) is 0 Å². The molecule has 0 saturated carbocycles. The largest absolute Gasteiger partial charge is 0.250 e. The monoisotopic (exact) mass is 395 g/mol. The molecule has 1 aromatic heterocycles. The second-order valence-corrected chi connectivity index (χ2v) is 9.74. The van der Waals surface area contributed by atoms with Gasteiger partial charge in [0.05, 0.1) is 3.79 Å². The third-order valence-electron chi connectivity index (χ3n) is 3.39. The molecule has 6 heteroatoms. The highest BCUT2D eigenvalue weighted by Gasteiger charge is 2.15. The third kappa shape index (κ3) is 8.33. The fourth-order valence-electron chi connectivity index (χ4n) is 2.16. The minimum absolute atomic E-state index is 0.380. The number of rotatable bonds is 12. The summed E-state index contributed by atoms with van der Waals surface area (Å²) in [6.45, 7) is 2.77. The lowest BCUT2D eigenvalue weighted by atomic mass is 10.1. The van der Waals surface area contributed by atoms with E-state index in [1.807, 2.05) is 0 Å². The summed E-state index contributed by atoms with van der Waals surface area (Å²) in [5.74, 6) is 0. The molecular formula is C15H26BrNO2S2. The van der Waals surface area contributed by atoms with Gasteiger partial charge >= 0.3 is 0 Å². The third-order valence-corrected chi connectivity index (χ3v) is 6.96. The molecule has 0 saturated heterocycles. The Morgan fingerprint density at radius 1 is 1.00 bits per heavy atom. The number of halogens is 1. The van der Waals surface area contributed by atoms with Crippen molar-refractivity contribution in [3.63, 3.8) is 0 Å². The van der Waals surface area contributed by atoms with Gasteiger partial charge in [-0.2, -0.15) is 0 Å². The van der Waals surface area contributed by atoms with Gasteiger partial charge in [0.25, 0.3) is 0 Å². The van der Waals surface area contributed by atoms with E-state index in [1.54, 1.807) is 12.1 Å². The molecule has 0 aliphatic rings. The van der Waals surface area contributed by atoms with E-state index in [0.717, 1.165) is 16.6 Å². The van der Waals surface area contributed by atoms with Gasteiger partial charge in [-0.05, 0) is 34.5 Å². The number of sulfonamides is 1. The molecular weight excluding hydrogens is 370 g/mol. The molecule has 1 N–H and O–H groups in total. The minimum atomic E-state index is -3.31.